The van der Waals surface area contributed by atoms with Crippen molar-refractivity contribution in [1.82, 2.24) is 5.16 Å². The van der Waals surface area contributed by atoms with Crippen LogP contribution in [0, 0.1) is 20.8 Å². The van der Waals surface area contributed by atoms with Gasteiger partial charge in [-0.15, -0.1) is 0 Å². The van der Waals surface area contributed by atoms with E-state index in [1.807, 2.05) is 0 Å². The minimum absolute atomic E-state index is 0.000414. The molecule has 1 N–H and O–H groups in total. The number of benzene rings is 1. The number of rotatable bonds is 4. The quantitative estimate of drug-likeness (QED) is 0.930. The van der Waals surface area contributed by atoms with Gasteiger partial charge in [-0.3, -0.25) is 0 Å². The molecule has 2 aromatic rings. The number of carbonyl (C=O) groups is 1. The second-order valence-electron chi connectivity index (χ2n) is 4.93. The number of carboxylic acids is 1. The molecule has 0 saturated carbocycles. The third kappa shape index (κ3) is 3.13. The minimum atomic E-state index is -3.70. The first-order chi connectivity index (χ1) is 9.70. The van der Waals surface area contributed by atoms with E-state index in [9.17, 15) is 13.2 Å². The van der Waals surface area contributed by atoms with Crippen LogP contribution in [0.3, 0.4) is 0 Å². The van der Waals surface area contributed by atoms with E-state index in [1.165, 1.54) is 6.07 Å². The highest BCUT2D eigenvalue weighted by molar-refractivity contribution is 7.90. The molecule has 1 heterocycles. The average molecular weight is 309 g/mol. The molecule has 0 bridgehead atoms. The van der Waals surface area contributed by atoms with Gasteiger partial charge in [-0.05, 0) is 38.0 Å². The first-order valence-electron chi connectivity index (χ1n) is 6.20. The second-order valence-corrected chi connectivity index (χ2v) is 6.89. The Morgan fingerprint density at radius 1 is 1.19 bits per heavy atom. The number of aromatic carboxylic acids is 1. The van der Waals surface area contributed by atoms with E-state index in [0.717, 1.165) is 0 Å². The molecular weight excluding hydrogens is 294 g/mol. The number of aromatic nitrogens is 1. The number of hydrogen-bond acceptors (Lipinski definition) is 5. The van der Waals surface area contributed by atoms with Crippen molar-refractivity contribution in [3.8, 4) is 0 Å². The van der Waals surface area contributed by atoms with E-state index < -0.39 is 15.8 Å². The minimum Gasteiger partial charge on any atom is -0.478 e. The molecule has 0 atom stereocenters. The van der Waals surface area contributed by atoms with Gasteiger partial charge in [0.25, 0.3) is 0 Å². The highest BCUT2D eigenvalue weighted by atomic mass is 32.2. The Labute approximate surface area is 122 Å². The summed E-state index contributed by atoms with van der Waals surface area (Å²) in [6.07, 6.45) is 0. The van der Waals surface area contributed by atoms with Gasteiger partial charge in [0, 0.05) is 6.07 Å². The third-order valence-corrected chi connectivity index (χ3v) is 4.87. The Balaban J connectivity index is 2.49. The van der Waals surface area contributed by atoms with Crippen LogP contribution in [0.25, 0.3) is 0 Å². The Kier molecular flexibility index (Phi) is 3.87. The van der Waals surface area contributed by atoms with Crippen LogP contribution in [0.2, 0.25) is 0 Å². The summed E-state index contributed by atoms with van der Waals surface area (Å²) in [6, 6.07) is 4.30. The van der Waals surface area contributed by atoms with Gasteiger partial charge >= 0.3 is 5.97 Å². The van der Waals surface area contributed by atoms with E-state index in [-0.39, 0.29) is 22.0 Å². The Morgan fingerprint density at radius 3 is 2.38 bits per heavy atom. The van der Waals surface area contributed by atoms with Crippen molar-refractivity contribution in [2.45, 2.75) is 31.4 Å². The van der Waals surface area contributed by atoms with Gasteiger partial charge in [0.05, 0.1) is 16.2 Å². The Hall–Kier alpha value is -2.15. The van der Waals surface area contributed by atoms with Crippen LogP contribution in [-0.2, 0) is 15.6 Å². The maximum absolute atomic E-state index is 12.4. The van der Waals surface area contributed by atoms with Crippen LogP contribution in [-0.4, -0.2) is 24.7 Å². The smallest absolute Gasteiger partial charge is 0.335 e. The van der Waals surface area contributed by atoms with Gasteiger partial charge in [0.2, 0.25) is 0 Å². The number of hydrogen-bond donors (Lipinski definition) is 1. The third-order valence-electron chi connectivity index (χ3n) is 3.10. The van der Waals surface area contributed by atoms with Crippen LogP contribution < -0.4 is 0 Å². The monoisotopic (exact) mass is 309 g/mol. The maximum atomic E-state index is 12.4. The molecule has 0 spiro atoms. The van der Waals surface area contributed by atoms with Crippen molar-refractivity contribution in [2.24, 2.45) is 0 Å². The summed E-state index contributed by atoms with van der Waals surface area (Å²) in [6.45, 7) is 4.96. The van der Waals surface area contributed by atoms with E-state index in [0.29, 0.717) is 16.8 Å². The summed E-state index contributed by atoms with van der Waals surface area (Å²) in [5.74, 6) is -1.28. The second kappa shape index (κ2) is 5.33. The zero-order chi connectivity index (χ0) is 15.8. The number of sulfone groups is 1. The zero-order valence-corrected chi connectivity index (χ0v) is 12.7. The fraction of sp³-hybridized carbons (Fsp3) is 0.286. The van der Waals surface area contributed by atoms with Crippen LogP contribution in [0.4, 0.5) is 0 Å². The normalized spacial score (nSPS) is 11.6. The number of nitrogens with zero attached hydrogens (tertiary/aromatic N) is 1. The van der Waals surface area contributed by atoms with E-state index >= 15 is 0 Å². The van der Waals surface area contributed by atoms with Crippen molar-refractivity contribution in [3.63, 3.8) is 0 Å². The molecule has 2 rings (SSSR count). The van der Waals surface area contributed by atoms with Crippen LogP contribution in [0.1, 0.15) is 32.9 Å². The summed E-state index contributed by atoms with van der Waals surface area (Å²) in [5.41, 5.74) is 1.60. The lowest BCUT2D eigenvalue weighted by Gasteiger charge is -2.10. The highest BCUT2D eigenvalue weighted by Gasteiger charge is 2.23. The average Bonchev–Trinajstić information content (AvgIpc) is 2.72. The van der Waals surface area contributed by atoms with Gasteiger partial charge in [-0.2, -0.15) is 0 Å². The maximum Gasteiger partial charge on any atom is 0.335 e. The van der Waals surface area contributed by atoms with Crippen molar-refractivity contribution in [2.75, 3.05) is 0 Å². The SMILES string of the molecule is Cc1cc(CS(=O)(=O)c2cc(C(=O)O)c(C)cc2C)on1. The molecular formula is C14H15NO5S. The molecule has 0 amide bonds. The Bertz CT molecular complexity index is 805. The van der Waals surface area contributed by atoms with Crippen LogP contribution in [0.15, 0.2) is 27.6 Å². The first-order valence-corrected chi connectivity index (χ1v) is 7.85. The molecule has 1 aromatic carbocycles. The number of aryl methyl sites for hydroxylation is 3. The molecule has 0 aliphatic carbocycles. The fourth-order valence-corrected chi connectivity index (χ4v) is 3.66. The molecule has 0 saturated heterocycles. The lowest BCUT2D eigenvalue weighted by atomic mass is 10.1. The zero-order valence-electron chi connectivity index (χ0n) is 11.9. The molecule has 0 fully saturated rings. The molecule has 6 nitrogen and oxygen atoms in total. The molecule has 112 valence electrons. The predicted molar refractivity (Wildman–Crippen MR) is 75.0 cm³/mol. The summed E-state index contributed by atoms with van der Waals surface area (Å²) in [4.78, 5) is 11.2. The van der Waals surface area contributed by atoms with E-state index in [4.69, 9.17) is 9.63 Å². The molecule has 0 unspecified atom stereocenters. The molecule has 1 aromatic heterocycles. The van der Waals surface area contributed by atoms with E-state index in [1.54, 1.807) is 32.9 Å². The van der Waals surface area contributed by atoms with Crippen molar-refractivity contribution >= 4 is 15.8 Å². The fourth-order valence-electron chi connectivity index (χ4n) is 2.15. The Morgan fingerprint density at radius 2 is 1.86 bits per heavy atom. The topological polar surface area (TPSA) is 97.5 Å². The van der Waals surface area contributed by atoms with Crippen molar-refractivity contribution in [3.05, 3.63) is 46.3 Å². The van der Waals surface area contributed by atoms with Gasteiger partial charge in [0.15, 0.2) is 15.6 Å². The largest absolute Gasteiger partial charge is 0.478 e. The van der Waals surface area contributed by atoms with Gasteiger partial charge in [-0.25, -0.2) is 13.2 Å². The first kappa shape index (κ1) is 15.2. The highest BCUT2D eigenvalue weighted by Crippen LogP contribution is 2.24. The van der Waals surface area contributed by atoms with Crippen LogP contribution >= 0.6 is 0 Å². The molecule has 0 radical (unpaired) electrons. The van der Waals surface area contributed by atoms with E-state index in [2.05, 4.69) is 5.16 Å². The van der Waals surface area contributed by atoms with Gasteiger partial charge in [0.1, 0.15) is 5.75 Å². The van der Waals surface area contributed by atoms with Crippen molar-refractivity contribution < 1.29 is 22.8 Å². The lowest BCUT2D eigenvalue weighted by molar-refractivity contribution is 0.0696. The predicted octanol–water partition coefficient (Wildman–Crippen LogP) is 2.27. The lowest BCUT2D eigenvalue weighted by Crippen LogP contribution is -2.10. The summed E-state index contributed by atoms with van der Waals surface area (Å²) < 4.78 is 29.8. The summed E-state index contributed by atoms with van der Waals surface area (Å²) in [7, 11) is -3.70. The molecule has 21 heavy (non-hydrogen) atoms. The standard InChI is InChI=1S/C14H15NO5S/c1-8-4-9(2)13(6-12(8)14(16)17)21(18,19)7-11-5-10(3)15-20-11/h4-6H,7H2,1-3H3,(H,16,17). The van der Waals surface area contributed by atoms with Crippen LogP contribution in [0.5, 0.6) is 0 Å². The number of carboxylic acid groups (broad SMARTS) is 1. The van der Waals surface area contributed by atoms with Crippen molar-refractivity contribution in [1.29, 1.82) is 0 Å². The summed E-state index contributed by atoms with van der Waals surface area (Å²) >= 11 is 0. The van der Waals surface area contributed by atoms with Gasteiger partial charge in [-0.1, -0.05) is 11.2 Å². The van der Waals surface area contributed by atoms with Gasteiger partial charge < -0.3 is 9.63 Å². The molecule has 0 aliphatic rings. The summed E-state index contributed by atoms with van der Waals surface area (Å²) in [5, 5.41) is 12.8. The molecule has 7 heteroatoms. The molecule has 0 aliphatic heterocycles.